The summed E-state index contributed by atoms with van der Waals surface area (Å²) in [6.45, 7) is 8.95. The zero-order valence-electron chi connectivity index (χ0n) is 18.7. The average Bonchev–Trinajstić information content (AvgIpc) is 3.28. The summed E-state index contributed by atoms with van der Waals surface area (Å²) in [4.78, 5) is 31.8. The molecule has 0 aromatic heterocycles. The van der Waals surface area contributed by atoms with E-state index >= 15 is 0 Å². The summed E-state index contributed by atoms with van der Waals surface area (Å²) in [7, 11) is 0. The number of alkyl halides is 3. The van der Waals surface area contributed by atoms with Crippen LogP contribution in [0.3, 0.4) is 0 Å². The van der Waals surface area contributed by atoms with Gasteiger partial charge in [0.15, 0.2) is 0 Å². The van der Waals surface area contributed by atoms with E-state index in [2.05, 4.69) is 18.7 Å². The smallest absolute Gasteiger partial charge is 0.416 e. The number of carbonyl (C=O) groups is 2. The fourth-order valence-electron chi connectivity index (χ4n) is 5.26. The van der Waals surface area contributed by atoms with Crippen LogP contribution in [-0.2, 0) is 20.5 Å². The van der Waals surface area contributed by atoms with Gasteiger partial charge in [0, 0.05) is 57.4 Å². The molecule has 1 aromatic rings. The highest BCUT2D eigenvalue weighted by atomic mass is 19.4. The van der Waals surface area contributed by atoms with Crippen LogP contribution in [0.2, 0.25) is 0 Å². The zero-order valence-corrected chi connectivity index (χ0v) is 18.7. The topological polar surface area (TPSA) is 53.1 Å². The maximum atomic E-state index is 13.5. The molecule has 3 saturated heterocycles. The van der Waals surface area contributed by atoms with Gasteiger partial charge in [0.25, 0.3) is 0 Å². The molecule has 3 atom stereocenters. The molecule has 1 spiro atoms. The first kappa shape index (κ1) is 22.9. The second kappa shape index (κ2) is 8.24. The molecule has 0 radical (unpaired) electrons. The first-order valence-electron chi connectivity index (χ1n) is 11.2. The van der Waals surface area contributed by atoms with Crippen molar-refractivity contribution in [3.63, 3.8) is 0 Å². The van der Waals surface area contributed by atoms with E-state index in [4.69, 9.17) is 4.74 Å². The molecular formula is C23H30F3N3O3. The third-order valence-corrected chi connectivity index (χ3v) is 7.16. The van der Waals surface area contributed by atoms with E-state index in [0.717, 1.165) is 18.7 Å². The second-order valence-electron chi connectivity index (χ2n) is 9.43. The van der Waals surface area contributed by atoms with Crippen molar-refractivity contribution in [2.75, 3.05) is 44.2 Å². The van der Waals surface area contributed by atoms with Crippen molar-refractivity contribution < 1.29 is 27.5 Å². The van der Waals surface area contributed by atoms with E-state index in [0.29, 0.717) is 50.9 Å². The summed E-state index contributed by atoms with van der Waals surface area (Å²) in [5.74, 6) is -1.44. The molecule has 1 aromatic carbocycles. The number of benzene rings is 1. The molecule has 9 heteroatoms. The van der Waals surface area contributed by atoms with E-state index < -0.39 is 29.2 Å². The molecule has 176 valence electrons. The molecule has 6 nitrogen and oxygen atoms in total. The number of carbonyl (C=O) groups excluding carboxylic acids is 2. The van der Waals surface area contributed by atoms with Crippen LogP contribution in [0.4, 0.5) is 18.9 Å². The number of hydrogen-bond acceptors (Lipinski definition) is 5. The number of amides is 1. The van der Waals surface area contributed by atoms with Crippen LogP contribution >= 0.6 is 0 Å². The summed E-state index contributed by atoms with van der Waals surface area (Å²) in [5, 5.41) is 0. The Balaban J connectivity index is 1.45. The molecule has 1 amide bonds. The van der Waals surface area contributed by atoms with Gasteiger partial charge in [-0.3, -0.25) is 14.5 Å². The normalized spacial score (nSPS) is 29.3. The zero-order chi connectivity index (χ0) is 23.3. The van der Waals surface area contributed by atoms with E-state index in [-0.39, 0.29) is 11.9 Å². The molecule has 3 heterocycles. The first-order chi connectivity index (χ1) is 15.0. The molecule has 3 fully saturated rings. The van der Waals surface area contributed by atoms with Crippen LogP contribution in [0.1, 0.15) is 32.8 Å². The molecule has 0 aliphatic carbocycles. The average molecular weight is 454 g/mol. The summed E-state index contributed by atoms with van der Waals surface area (Å²) in [6.07, 6.45) is -3.75. The largest absolute Gasteiger partial charge is 0.457 e. The number of nitrogens with zero attached hydrogens (tertiary/aromatic N) is 3. The van der Waals surface area contributed by atoms with E-state index in [1.165, 1.54) is 6.07 Å². The van der Waals surface area contributed by atoms with E-state index in [1.54, 1.807) is 17.9 Å². The molecule has 4 rings (SSSR count). The molecule has 32 heavy (non-hydrogen) atoms. The predicted molar refractivity (Wildman–Crippen MR) is 113 cm³/mol. The minimum atomic E-state index is -4.39. The van der Waals surface area contributed by atoms with Crippen molar-refractivity contribution in [3.8, 4) is 0 Å². The second-order valence-corrected chi connectivity index (χ2v) is 9.43. The highest BCUT2D eigenvalue weighted by Crippen LogP contribution is 2.45. The maximum absolute atomic E-state index is 13.5. The van der Waals surface area contributed by atoms with Crippen molar-refractivity contribution in [1.29, 1.82) is 0 Å². The van der Waals surface area contributed by atoms with Crippen LogP contribution in [0.15, 0.2) is 24.3 Å². The Hall–Kier alpha value is -2.29. The SMILES string of the molecule is CC1C(=O)OC2(CCN(C(C)C)C2)C1C(=O)N1CCN(c2cccc(C(F)(F)F)c2)CC1. The van der Waals surface area contributed by atoms with Crippen LogP contribution in [0.25, 0.3) is 0 Å². The van der Waals surface area contributed by atoms with Gasteiger partial charge in [-0.25, -0.2) is 0 Å². The fourth-order valence-corrected chi connectivity index (χ4v) is 5.26. The summed E-state index contributed by atoms with van der Waals surface area (Å²) >= 11 is 0. The Bertz CT molecular complexity index is 883. The molecule has 3 aliphatic rings. The Labute approximate surface area is 186 Å². The van der Waals surface area contributed by atoms with Gasteiger partial charge >= 0.3 is 12.1 Å². The predicted octanol–water partition coefficient (Wildman–Crippen LogP) is 3.02. The number of ether oxygens (including phenoxy) is 1. The summed E-state index contributed by atoms with van der Waals surface area (Å²) in [6, 6.07) is 5.58. The molecule has 0 bridgehead atoms. The molecular weight excluding hydrogens is 423 g/mol. The van der Waals surface area contributed by atoms with Gasteiger partial charge in [0.2, 0.25) is 5.91 Å². The lowest BCUT2D eigenvalue weighted by molar-refractivity contribution is -0.151. The highest BCUT2D eigenvalue weighted by molar-refractivity contribution is 5.89. The molecule has 3 aliphatic heterocycles. The van der Waals surface area contributed by atoms with E-state index in [9.17, 15) is 22.8 Å². The monoisotopic (exact) mass is 453 g/mol. The van der Waals surface area contributed by atoms with Gasteiger partial charge in [0.05, 0.1) is 17.4 Å². The summed E-state index contributed by atoms with van der Waals surface area (Å²) < 4.78 is 45.0. The van der Waals surface area contributed by atoms with Crippen molar-refractivity contribution in [2.24, 2.45) is 11.8 Å². The number of anilines is 1. The van der Waals surface area contributed by atoms with Crippen LogP contribution in [0.5, 0.6) is 0 Å². The number of piperazine rings is 1. The Morgan fingerprint density at radius 2 is 1.84 bits per heavy atom. The standard InChI is InChI=1S/C23H30F3N3O3/c1-15(2)29-8-7-22(14-29)19(16(3)21(31)32-22)20(30)28-11-9-27(10-12-28)18-6-4-5-17(13-18)23(24,25)26/h4-6,13,15-16,19H,7-12,14H2,1-3H3. The third-order valence-electron chi connectivity index (χ3n) is 7.16. The minimum absolute atomic E-state index is 0.0855. The molecule has 3 unspecified atom stereocenters. The van der Waals surface area contributed by atoms with Gasteiger partial charge in [-0.1, -0.05) is 13.0 Å². The summed E-state index contributed by atoms with van der Waals surface area (Å²) in [5.41, 5.74) is -0.961. The quantitative estimate of drug-likeness (QED) is 0.659. The van der Waals surface area contributed by atoms with Crippen molar-refractivity contribution in [1.82, 2.24) is 9.80 Å². The highest BCUT2D eigenvalue weighted by Gasteiger charge is 2.60. The lowest BCUT2D eigenvalue weighted by Crippen LogP contribution is -2.55. The number of hydrogen-bond donors (Lipinski definition) is 0. The first-order valence-corrected chi connectivity index (χ1v) is 11.2. The van der Waals surface area contributed by atoms with Crippen molar-refractivity contribution >= 4 is 17.6 Å². The number of halogens is 3. The Kier molecular flexibility index (Phi) is 5.90. The van der Waals surface area contributed by atoms with Crippen LogP contribution in [0, 0.1) is 11.8 Å². The van der Waals surface area contributed by atoms with E-state index in [1.807, 2.05) is 4.90 Å². The Morgan fingerprint density at radius 1 is 1.16 bits per heavy atom. The molecule has 0 saturated carbocycles. The van der Waals surface area contributed by atoms with Gasteiger partial charge in [0.1, 0.15) is 5.60 Å². The van der Waals surface area contributed by atoms with Gasteiger partial charge in [-0.15, -0.1) is 0 Å². The third kappa shape index (κ3) is 4.07. The van der Waals surface area contributed by atoms with Crippen LogP contribution in [-0.4, -0.2) is 72.6 Å². The van der Waals surface area contributed by atoms with Crippen LogP contribution < -0.4 is 4.90 Å². The minimum Gasteiger partial charge on any atom is -0.457 e. The van der Waals surface area contributed by atoms with Gasteiger partial charge in [-0.05, 0) is 32.0 Å². The van der Waals surface area contributed by atoms with Gasteiger partial charge < -0.3 is 14.5 Å². The lowest BCUT2D eigenvalue weighted by Gasteiger charge is -2.39. The number of likely N-dealkylation sites (tertiary alicyclic amines) is 1. The van der Waals surface area contributed by atoms with Crippen molar-refractivity contribution in [2.45, 2.75) is 45.0 Å². The fraction of sp³-hybridized carbons (Fsp3) is 0.652. The Morgan fingerprint density at radius 3 is 2.44 bits per heavy atom. The molecule has 0 N–H and O–H groups in total. The van der Waals surface area contributed by atoms with Crippen molar-refractivity contribution in [3.05, 3.63) is 29.8 Å². The number of esters is 1. The van der Waals surface area contributed by atoms with Gasteiger partial charge in [-0.2, -0.15) is 13.2 Å². The number of rotatable bonds is 3. The lowest BCUT2D eigenvalue weighted by atomic mass is 9.79. The maximum Gasteiger partial charge on any atom is 0.416 e.